The maximum Gasteiger partial charge on any atom is 0.113 e. The molecular formula is C31H33ClN2. The lowest BCUT2D eigenvalue weighted by Gasteiger charge is -2.27. The molecule has 34 heavy (non-hydrogen) atoms. The van der Waals surface area contributed by atoms with Crippen LogP contribution in [0.5, 0.6) is 0 Å². The molecule has 174 valence electrons. The summed E-state index contributed by atoms with van der Waals surface area (Å²) in [5, 5.41) is 0.734. The molecule has 3 heteroatoms. The van der Waals surface area contributed by atoms with Crippen LogP contribution in [-0.2, 0) is 0 Å². The number of hydrogen-bond acceptors (Lipinski definition) is 2. The third-order valence-electron chi connectivity index (χ3n) is 6.38. The largest absolute Gasteiger partial charge is 0.297 e. The molecule has 1 aliphatic carbocycles. The standard InChI is InChI=1S/C31H33ClN2/c1-4-19-34(22-26-5-6-26)24(3)20-23(2)27-10-7-25(8-11-27)9-17-31-18-14-29(21-33-31)28-12-15-30(32)16-13-28/h7-8,10-16,18,20-21,24,26H,4-6,19,22H2,1-3H3/b23-20+/t24-/m1/s1. The predicted octanol–water partition coefficient (Wildman–Crippen LogP) is 7.72. The number of hydrogen-bond donors (Lipinski definition) is 0. The zero-order valence-electron chi connectivity index (χ0n) is 20.4. The van der Waals surface area contributed by atoms with Crippen molar-refractivity contribution >= 4 is 17.2 Å². The maximum atomic E-state index is 5.98. The quantitative estimate of drug-likeness (QED) is 0.314. The van der Waals surface area contributed by atoms with Gasteiger partial charge in [-0.1, -0.05) is 60.9 Å². The summed E-state index contributed by atoms with van der Waals surface area (Å²) in [7, 11) is 0. The van der Waals surface area contributed by atoms with Crippen LogP contribution in [0.2, 0.25) is 5.02 Å². The van der Waals surface area contributed by atoms with E-state index in [9.17, 15) is 0 Å². The first kappa shape index (κ1) is 24.3. The number of aromatic nitrogens is 1. The Morgan fingerprint density at radius 2 is 1.74 bits per heavy atom. The van der Waals surface area contributed by atoms with Gasteiger partial charge in [0.05, 0.1) is 0 Å². The third-order valence-corrected chi connectivity index (χ3v) is 6.64. The summed E-state index contributed by atoms with van der Waals surface area (Å²) in [4.78, 5) is 7.14. The van der Waals surface area contributed by atoms with Gasteiger partial charge in [0.15, 0.2) is 0 Å². The van der Waals surface area contributed by atoms with E-state index in [-0.39, 0.29) is 0 Å². The Balaban J connectivity index is 1.39. The van der Waals surface area contributed by atoms with Crippen molar-refractivity contribution in [2.45, 2.75) is 46.1 Å². The molecule has 0 bridgehead atoms. The fraction of sp³-hybridized carbons (Fsp3) is 0.323. The molecular weight excluding hydrogens is 436 g/mol. The molecule has 1 aliphatic rings. The highest BCUT2D eigenvalue weighted by Crippen LogP contribution is 2.31. The first-order valence-electron chi connectivity index (χ1n) is 12.3. The Hall–Kier alpha value is -2.86. The Kier molecular flexibility index (Phi) is 8.22. The van der Waals surface area contributed by atoms with E-state index >= 15 is 0 Å². The van der Waals surface area contributed by atoms with Gasteiger partial charge >= 0.3 is 0 Å². The Morgan fingerprint density at radius 3 is 2.35 bits per heavy atom. The van der Waals surface area contributed by atoms with E-state index in [1.807, 2.05) is 42.6 Å². The van der Waals surface area contributed by atoms with Crippen LogP contribution < -0.4 is 0 Å². The molecule has 0 spiro atoms. The minimum Gasteiger partial charge on any atom is -0.297 e. The molecule has 1 saturated carbocycles. The van der Waals surface area contributed by atoms with Crippen molar-refractivity contribution in [3.8, 4) is 23.0 Å². The van der Waals surface area contributed by atoms with E-state index in [1.165, 1.54) is 43.5 Å². The second kappa shape index (κ2) is 11.5. The zero-order chi connectivity index (χ0) is 23.9. The average molecular weight is 469 g/mol. The SMILES string of the molecule is CCCN(CC1CC1)[C@H](C)/C=C(\C)c1ccc(C#Cc2ccc(-c3ccc(Cl)cc3)cn2)cc1. The average Bonchev–Trinajstić information content (AvgIpc) is 3.68. The number of allylic oxidation sites excluding steroid dienone is 1. The summed E-state index contributed by atoms with van der Waals surface area (Å²) in [6.45, 7) is 9.22. The van der Waals surface area contributed by atoms with Gasteiger partial charge in [-0.3, -0.25) is 4.90 Å². The molecule has 0 N–H and O–H groups in total. The lowest BCUT2D eigenvalue weighted by atomic mass is 10.0. The van der Waals surface area contributed by atoms with Gasteiger partial charge in [-0.15, -0.1) is 0 Å². The van der Waals surface area contributed by atoms with Gasteiger partial charge in [-0.2, -0.15) is 0 Å². The first-order chi connectivity index (χ1) is 16.5. The normalized spacial score (nSPS) is 14.6. The van der Waals surface area contributed by atoms with E-state index in [1.54, 1.807) is 0 Å². The molecule has 1 heterocycles. The van der Waals surface area contributed by atoms with Gasteiger partial charge in [0.2, 0.25) is 0 Å². The summed E-state index contributed by atoms with van der Waals surface area (Å²) in [6, 6.07) is 20.8. The molecule has 0 unspecified atom stereocenters. The highest BCUT2D eigenvalue weighted by Gasteiger charge is 2.25. The second-order valence-electron chi connectivity index (χ2n) is 9.29. The molecule has 4 rings (SSSR count). The van der Waals surface area contributed by atoms with Crippen LogP contribution in [-0.4, -0.2) is 29.0 Å². The summed E-state index contributed by atoms with van der Waals surface area (Å²) in [6.07, 6.45) is 8.28. The Labute approximate surface area is 209 Å². The van der Waals surface area contributed by atoms with Crippen molar-refractivity contribution in [1.29, 1.82) is 0 Å². The fourth-order valence-electron chi connectivity index (χ4n) is 4.18. The Morgan fingerprint density at radius 1 is 1.03 bits per heavy atom. The minimum absolute atomic E-state index is 0.460. The summed E-state index contributed by atoms with van der Waals surface area (Å²) in [5.41, 5.74) is 6.48. The van der Waals surface area contributed by atoms with Crippen LogP contribution in [0.15, 0.2) is 72.9 Å². The number of benzene rings is 2. The monoisotopic (exact) mass is 468 g/mol. The van der Waals surface area contributed by atoms with E-state index in [2.05, 4.69) is 72.8 Å². The molecule has 1 aromatic heterocycles. The van der Waals surface area contributed by atoms with Gasteiger partial charge in [0, 0.05) is 34.9 Å². The fourth-order valence-corrected chi connectivity index (χ4v) is 4.30. The van der Waals surface area contributed by atoms with Gasteiger partial charge < -0.3 is 0 Å². The molecule has 0 saturated heterocycles. The Bertz CT molecular complexity index is 1160. The number of rotatable bonds is 8. The maximum absolute atomic E-state index is 5.98. The van der Waals surface area contributed by atoms with Crippen molar-refractivity contribution in [2.75, 3.05) is 13.1 Å². The summed E-state index contributed by atoms with van der Waals surface area (Å²) < 4.78 is 0. The minimum atomic E-state index is 0.460. The molecule has 1 atom stereocenters. The van der Waals surface area contributed by atoms with Gasteiger partial charge in [-0.25, -0.2) is 4.98 Å². The van der Waals surface area contributed by atoms with Crippen LogP contribution in [0.3, 0.4) is 0 Å². The smallest absolute Gasteiger partial charge is 0.113 e. The van der Waals surface area contributed by atoms with Crippen molar-refractivity contribution in [3.05, 3.63) is 94.8 Å². The molecule has 0 aliphatic heterocycles. The van der Waals surface area contributed by atoms with Crippen LogP contribution in [0, 0.1) is 17.8 Å². The first-order valence-corrected chi connectivity index (χ1v) is 12.7. The van der Waals surface area contributed by atoms with Crippen LogP contribution in [0.25, 0.3) is 16.7 Å². The molecule has 2 aromatic carbocycles. The van der Waals surface area contributed by atoms with E-state index in [0.29, 0.717) is 6.04 Å². The number of nitrogens with zero attached hydrogens (tertiary/aromatic N) is 2. The molecule has 1 fully saturated rings. The van der Waals surface area contributed by atoms with Crippen LogP contribution in [0.1, 0.15) is 56.9 Å². The molecule has 2 nitrogen and oxygen atoms in total. The van der Waals surface area contributed by atoms with Crippen LogP contribution in [0.4, 0.5) is 0 Å². The van der Waals surface area contributed by atoms with E-state index in [4.69, 9.17) is 11.6 Å². The molecule has 0 amide bonds. The van der Waals surface area contributed by atoms with Crippen molar-refractivity contribution in [1.82, 2.24) is 9.88 Å². The highest BCUT2D eigenvalue weighted by molar-refractivity contribution is 6.30. The van der Waals surface area contributed by atoms with E-state index < -0.39 is 0 Å². The number of halogens is 1. The van der Waals surface area contributed by atoms with Gasteiger partial charge in [0.1, 0.15) is 5.69 Å². The highest BCUT2D eigenvalue weighted by atomic mass is 35.5. The lowest BCUT2D eigenvalue weighted by Crippen LogP contribution is -2.34. The number of pyridine rings is 1. The lowest BCUT2D eigenvalue weighted by molar-refractivity contribution is 0.232. The molecule has 3 aromatic rings. The van der Waals surface area contributed by atoms with Crippen LogP contribution >= 0.6 is 11.6 Å². The van der Waals surface area contributed by atoms with Crippen molar-refractivity contribution in [2.24, 2.45) is 5.92 Å². The zero-order valence-corrected chi connectivity index (χ0v) is 21.1. The summed E-state index contributed by atoms with van der Waals surface area (Å²) >= 11 is 5.98. The van der Waals surface area contributed by atoms with Gasteiger partial charge in [-0.05, 0) is 98.5 Å². The third kappa shape index (κ3) is 6.83. The van der Waals surface area contributed by atoms with Crippen molar-refractivity contribution < 1.29 is 0 Å². The van der Waals surface area contributed by atoms with E-state index in [0.717, 1.165) is 33.3 Å². The summed E-state index contributed by atoms with van der Waals surface area (Å²) in [5.74, 6) is 7.34. The second-order valence-corrected chi connectivity index (χ2v) is 9.73. The predicted molar refractivity (Wildman–Crippen MR) is 145 cm³/mol. The van der Waals surface area contributed by atoms with Gasteiger partial charge in [0.25, 0.3) is 0 Å². The topological polar surface area (TPSA) is 16.1 Å². The van der Waals surface area contributed by atoms with Crippen molar-refractivity contribution in [3.63, 3.8) is 0 Å². The molecule has 0 radical (unpaired) electrons.